The lowest BCUT2D eigenvalue weighted by Crippen LogP contribution is -2.30. The molecule has 0 aromatic rings. The van der Waals surface area contributed by atoms with Crippen LogP contribution in [0, 0.1) is 0 Å². The number of hydrogen-bond acceptors (Lipinski definition) is 2. The topological polar surface area (TPSA) is 49.3 Å². The monoisotopic (exact) mass is 215 g/mol. The molecular weight excluding hydrogens is 190 g/mol. The second-order valence-electron chi connectivity index (χ2n) is 4.08. The maximum Gasteiger partial charge on any atom is 0.303 e. The molecule has 0 amide bonds. The van der Waals surface area contributed by atoms with E-state index in [1.807, 2.05) is 0 Å². The lowest BCUT2D eigenvalue weighted by Gasteiger charge is -2.17. The molecule has 0 aliphatic heterocycles. The zero-order valence-corrected chi connectivity index (χ0v) is 10.1. The van der Waals surface area contributed by atoms with Crippen molar-refractivity contribution in [2.75, 3.05) is 6.54 Å². The van der Waals surface area contributed by atoms with E-state index < -0.39 is 5.97 Å². The summed E-state index contributed by atoms with van der Waals surface area (Å²) in [7, 11) is 0. The molecular formula is C12H25NO2. The van der Waals surface area contributed by atoms with E-state index in [0.717, 1.165) is 13.0 Å². The van der Waals surface area contributed by atoms with Crippen molar-refractivity contribution in [3.63, 3.8) is 0 Å². The molecule has 0 aliphatic carbocycles. The van der Waals surface area contributed by atoms with E-state index in [4.69, 9.17) is 5.11 Å². The van der Waals surface area contributed by atoms with Crippen LogP contribution in [0.25, 0.3) is 0 Å². The molecule has 0 fully saturated rings. The van der Waals surface area contributed by atoms with Gasteiger partial charge in [0.15, 0.2) is 0 Å². The maximum atomic E-state index is 10.3. The average Bonchev–Trinajstić information content (AvgIpc) is 2.20. The summed E-state index contributed by atoms with van der Waals surface area (Å²) in [6.07, 6.45) is 7.12. The second-order valence-corrected chi connectivity index (χ2v) is 4.08. The number of carboxylic acids is 1. The van der Waals surface area contributed by atoms with Gasteiger partial charge >= 0.3 is 5.97 Å². The van der Waals surface area contributed by atoms with Crippen molar-refractivity contribution in [2.24, 2.45) is 0 Å². The zero-order chi connectivity index (χ0) is 11.5. The minimum atomic E-state index is -0.697. The van der Waals surface area contributed by atoms with Gasteiger partial charge in [0.2, 0.25) is 0 Å². The molecule has 0 saturated heterocycles. The lowest BCUT2D eigenvalue weighted by atomic mass is 10.1. The van der Waals surface area contributed by atoms with Crippen LogP contribution < -0.4 is 5.32 Å². The van der Waals surface area contributed by atoms with Crippen LogP contribution in [0.15, 0.2) is 0 Å². The summed E-state index contributed by atoms with van der Waals surface area (Å²) in [6.45, 7) is 5.23. The van der Waals surface area contributed by atoms with Gasteiger partial charge in [-0.25, -0.2) is 0 Å². The smallest absolute Gasteiger partial charge is 0.303 e. The highest BCUT2D eigenvalue weighted by atomic mass is 16.4. The summed E-state index contributed by atoms with van der Waals surface area (Å²) in [6, 6.07) is 0.587. The molecule has 0 aliphatic rings. The number of carbonyl (C=O) groups is 1. The Labute approximate surface area is 93.3 Å². The number of hydrogen-bond donors (Lipinski definition) is 2. The minimum absolute atomic E-state index is 0.277. The molecule has 15 heavy (non-hydrogen) atoms. The molecule has 0 heterocycles. The van der Waals surface area contributed by atoms with E-state index in [9.17, 15) is 4.79 Å². The van der Waals surface area contributed by atoms with Crippen molar-refractivity contribution in [1.29, 1.82) is 0 Å². The van der Waals surface area contributed by atoms with Gasteiger partial charge in [0.25, 0.3) is 0 Å². The molecule has 0 aromatic carbocycles. The Hall–Kier alpha value is -0.570. The maximum absolute atomic E-state index is 10.3. The SMILES string of the molecule is CCCCC(CCC)NCCCC(=O)O. The minimum Gasteiger partial charge on any atom is -0.481 e. The Kier molecular flexibility index (Phi) is 9.59. The normalized spacial score (nSPS) is 12.7. The van der Waals surface area contributed by atoms with Gasteiger partial charge in [-0.05, 0) is 25.8 Å². The van der Waals surface area contributed by atoms with Gasteiger partial charge in [-0.3, -0.25) is 4.79 Å². The van der Waals surface area contributed by atoms with Gasteiger partial charge in [0, 0.05) is 12.5 Å². The van der Waals surface area contributed by atoms with Crippen molar-refractivity contribution < 1.29 is 9.90 Å². The Balaban J connectivity index is 3.51. The molecule has 2 N–H and O–H groups in total. The summed E-state index contributed by atoms with van der Waals surface area (Å²) < 4.78 is 0. The Bertz CT molecular complexity index is 160. The van der Waals surface area contributed by atoms with Gasteiger partial charge in [0.1, 0.15) is 0 Å². The standard InChI is InChI=1S/C12H25NO2/c1-3-5-8-11(7-4-2)13-10-6-9-12(14)15/h11,13H,3-10H2,1-2H3,(H,14,15). The van der Waals surface area contributed by atoms with Gasteiger partial charge in [-0.2, -0.15) is 0 Å². The molecule has 1 unspecified atom stereocenters. The van der Waals surface area contributed by atoms with Crippen LogP contribution in [0.1, 0.15) is 58.8 Å². The number of carboxylic acid groups (broad SMARTS) is 1. The van der Waals surface area contributed by atoms with Gasteiger partial charge < -0.3 is 10.4 Å². The molecule has 0 aromatic heterocycles. The van der Waals surface area contributed by atoms with Gasteiger partial charge in [0.05, 0.1) is 0 Å². The summed E-state index contributed by atoms with van der Waals surface area (Å²) in [5.74, 6) is -0.697. The summed E-state index contributed by atoms with van der Waals surface area (Å²) >= 11 is 0. The van der Waals surface area contributed by atoms with E-state index in [2.05, 4.69) is 19.2 Å². The van der Waals surface area contributed by atoms with Crippen molar-refractivity contribution in [1.82, 2.24) is 5.32 Å². The first kappa shape index (κ1) is 14.4. The molecule has 90 valence electrons. The van der Waals surface area contributed by atoms with Crippen molar-refractivity contribution in [3.05, 3.63) is 0 Å². The van der Waals surface area contributed by atoms with Crippen molar-refractivity contribution in [2.45, 2.75) is 64.8 Å². The highest BCUT2D eigenvalue weighted by Crippen LogP contribution is 2.06. The highest BCUT2D eigenvalue weighted by Gasteiger charge is 2.06. The Morgan fingerprint density at radius 3 is 2.47 bits per heavy atom. The molecule has 0 bridgehead atoms. The van der Waals surface area contributed by atoms with E-state index in [-0.39, 0.29) is 6.42 Å². The van der Waals surface area contributed by atoms with Gasteiger partial charge in [-0.15, -0.1) is 0 Å². The zero-order valence-electron chi connectivity index (χ0n) is 10.1. The fourth-order valence-corrected chi connectivity index (χ4v) is 1.69. The van der Waals surface area contributed by atoms with E-state index in [0.29, 0.717) is 6.04 Å². The van der Waals surface area contributed by atoms with Crippen LogP contribution in [0.3, 0.4) is 0 Å². The van der Waals surface area contributed by atoms with Gasteiger partial charge in [-0.1, -0.05) is 33.1 Å². The largest absolute Gasteiger partial charge is 0.481 e. The molecule has 0 rings (SSSR count). The second kappa shape index (κ2) is 9.97. The molecule has 3 heteroatoms. The molecule has 0 saturated carbocycles. The third-order valence-corrected chi connectivity index (χ3v) is 2.54. The van der Waals surface area contributed by atoms with Crippen LogP contribution in [-0.4, -0.2) is 23.7 Å². The van der Waals surface area contributed by atoms with Crippen LogP contribution in [0.5, 0.6) is 0 Å². The van der Waals surface area contributed by atoms with E-state index in [1.165, 1.54) is 32.1 Å². The summed E-state index contributed by atoms with van der Waals surface area (Å²) in [5.41, 5.74) is 0. The van der Waals surface area contributed by atoms with Crippen molar-refractivity contribution in [3.8, 4) is 0 Å². The average molecular weight is 215 g/mol. The first-order valence-electron chi connectivity index (χ1n) is 6.15. The molecule has 0 radical (unpaired) electrons. The van der Waals surface area contributed by atoms with Crippen molar-refractivity contribution >= 4 is 5.97 Å². The summed E-state index contributed by atoms with van der Waals surface area (Å²) in [4.78, 5) is 10.3. The first-order chi connectivity index (χ1) is 7.20. The van der Waals surface area contributed by atoms with E-state index >= 15 is 0 Å². The fourth-order valence-electron chi connectivity index (χ4n) is 1.69. The third-order valence-electron chi connectivity index (χ3n) is 2.54. The number of unbranched alkanes of at least 4 members (excludes halogenated alkanes) is 1. The van der Waals surface area contributed by atoms with Crippen LogP contribution in [0.2, 0.25) is 0 Å². The Morgan fingerprint density at radius 1 is 1.20 bits per heavy atom. The predicted molar refractivity (Wildman–Crippen MR) is 63.1 cm³/mol. The van der Waals surface area contributed by atoms with E-state index in [1.54, 1.807) is 0 Å². The predicted octanol–water partition coefficient (Wildman–Crippen LogP) is 2.80. The lowest BCUT2D eigenvalue weighted by molar-refractivity contribution is -0.137. The fraction of sp³-hybridized carbons (Fsp3) is 0.917. The summed E-state index contributed by atoms with van der Waals surface area (Å²) in [5, 5.41) is 11.9. The molecule has 1 atom stereocenters. The number of rotatable bonds is 10. The number of aliphatic carboxylic acids is 1. The van der Waals surface area contributed by atoms with Crippen LogP contribution in [-0.2, 0) is 4.79 Å². The quantitative estimate of drug-likeness (QED) is 0.551. The first-order valence-corrected chi connectivity index (χ1v) is 6.15. The Morgan fingerprint density at radius 2 is 1.93 bits per heavy atom. The highest BCUT2D eigenvalue weighted by molar-refractivity contribution is 5.66. The number of nitrogens with one attached hydrogen (secondary N) is 1. The molecule has 3 nitrogen and oxygen atoms in total. The van der Waals surface area contributed by atoms with Crippen LogP contribution in [0.4, 0.5) is 0 Å². The molecule has 0 spiro atoms. The van der Waals surface area contributed by atoms with Crippen LogP contribution >= 0.6 is 0 Å². The third kappa shape index (κ3) is 9.73.